The molecular weight excluding hydrogens is 292 g/mol. The van der Waals surface area contributed by atoms with E-state index in [1.807, 2.05) is 19.1 Å². The maximum atomic E-state index is 12.1. The highest BCUT2D eigenvalue weighted by Gasteiger charge is 2.27. The van der Waals surface area contributed by atoms with E-state index >= 15 is 0 Å². The molecule has 0 radical (unpaired) electrons. The molecule has 2 aromatic rings. The number of fused-ring (bicyclic) bond motifs is 3. The fourth-order valence-corrected chi connectivity index (χ4v) is 3.83. The Bertz CT molecular complexity index is 847. The van der Waals surface area contributed by atoms with Crippen LogP contribution in [-0.4, -0.2) is 11.9 Å². The SMILES string of the molecule is Cc1cc(O[C@H]2CCCCC2=O)c2c3c(c(=O)oc2c1)CCC3. The van der Waals surface area contributed by atoms with Gasteiger partial charge in [-0.2, -0.15) is 0 Å². The zero-order valence-electron chi connectivity index (χ0n) is 13.3. The van der Waals surface area contributed by atoms with Gasteiger partial charge in [-0.15, -0.1) is 0 Å². The molecule has 0 aliphatic heterocycles. The lowest BCUT2D eigenvalue weighted by atomic mass is 9.96. The highest BCUT2D eigenvalue weighted by Crippen LogP contribution is 2.36. The second kappa shape index (κ2) is 5.52. The number of benzene rings is 1. The molecule has 120 valence electrons. The summed E-state index contributed by atoms with van der Waals surface area (Å²) in [5, 5.41) is 0.890. The van der Waals surface area contributed by atoms with Crippen molar-refractivity contribution in [3.8, 4) is 5.75 Å². The third-order valence-corrected chi connectivity index (χ3v) is 4.95. The Morgan fingerprint density at radius 2 is 1.87 bits per heavy atom. The first-order chi connectivity index (χ1) is 11.1. The number of hydrogen-bond donors (Lipinski definition) is 0. The average Bonchev–Trinajstić information content (AvgIpc) is 2.99. The number of rotatable bonds is 2. The van der Waals surface area contributed by atoms with Crippen LogP contribution in [0.25, 0.3) is 11.0 Å². The van der Waals surface area contributed by atoms with Gasteiger partial charge in [0.25, 0.3) is 0 Å². The van der Waals surface area contributed by atoms with Crippen molar-refractivity contribution >= 4 is 16.8 Å². The second-order valence-corrected chi connectivity index (χ2v) is 6.65. The molecule has 4 rings (SSSR count). The van der Waals surface area contributed by atoms with Crippen LogP contribution in [0.5, 0.6) is 5.75 Å². The van der Waals surface area contributed by atoms with Gasteiger partial charge in [-0.05, 0) is 68.7 Å². The Kier molecular flexibility index (Phi) is 3.47. The molecule has 1 fully saturated rings. The van der Waals surface area contributed by atoms with Gasteiger partial charge in [0.05, 0.1) is 5.39 Å². The van der Waals surface area contributed by atoms with Gasteiger partial charge in [0.2, 0.25) is 0 Å². The van der Waals surface area contributed by atoms with E-state index in [0.29, 0.717) is 17.8 Å². The van der Waals surface area contributed by atoms with Crippen LogP contribution in [0.2, 0.25) is 0 Å². The van der Waals surface area contributed by atoms with Crippen LogP contribution in [0.15, 0.2) is 21.3 Å². The van der Waals surface area contributed by atoms with Gasteiger partial charge < -0.3 is 9.15 Å². The Morgan fingerprint density at radius 3 is 2.70 bits per heavy atom. The van der Waals surface area contributed by atoms with Crippen LogP contribution in [0.1, 0.15) is 48.8 Å². The average molecular weight is 312 g/mol. The van der Waals surface area contributed by atoms with Crippen LogP contribution < -0.4 is 10.4 Å². The van der Waals surface area contributed by atoms with Crippen molar-refractivity contribution in [1.29, 1.82) is 0 Å². The standard InChI is InChI=1S/C19H20O4/c1-11-9-16(22-15-8-3-2-7-14(15)20)18-12-5-4-6-13(12)19(21)23-17(18)10-11/h9-10,15H,2-8H2,1H3/t15-/m0/s1. The first kappa shape index (κ1) is 14.5. The number of carbonyl (C=O) groups is 1. The van der Waals surface area contributed by atoms with Crippen molar-refractivity contribution in [3.63, 3.8) is 0 Å². The van der Waals surface area contributed by atoms with Crippen LogP contribution in [0.4, 0.5) is 0 Å². The van der Waals surface area contributed by atoms with Gasteiger partial charge in [-0.3, -0.25) is 4.79 Å². The summed E-state index contributed by atoms with van der Waals surface area (Å²) < 4.78 is 11.6. The number of carbonyl (C=O) groups excluding carboxylic acids is 1. The third-order valence-electron chi connectivity index (χ3n) is 4.95. The van der Waals surface area contributed by atoms with Gasteiger partial charge in [0, 0.05) is 12.0 Å². The summed E-state index contributed by atoms with van der Waals surface area (Å²) >= 11 is 0. The van der Waals surface area contributed by atoms with E-state index in [9.17, 15) is 9.59 Å². The number of ketones is 1. The molecule has 1 heterocycles. The largest absolute Gasteiger partial charge is 0.482 e. The predicted octanol–water partition coefficient (Wildman–Crippen LogP) is 3.48. The van der Waals surface area contributed by atoms with Crippen LogP contribution in [-0.2, 0) is 17.6 Å². The zero-order chi connectivity index (χ0) is 16.0. The summed E-state index contributed by atoms with van der Waals surface area (Å²) in [6, 6.07) is 3.84. The van der Waals surface area contributed by atoms with E-state index in [1.54, 1.807) is 0 Å². The molecule has 2 aliphatic rings. The molecule has 0 N–H and O–H groups in total. The second-order valence-electron chi connectivity index (χ2n) is 6.65. The molecule has 23 heavy (non-hydrogen) atoms. The Hall–Kier alpha value is -2.10. The van der Waals surface area contributed by atoms with Crippen molar-refractivity contribution in [3.05, 3.63) is 39.2 Å². The van der Waals surface area contributed by atoms with E-state index in [0.717, 1.165) is 60.6 Å². The molecule has 1 aromatic heterocycles. The predicted molar refractivity (Wildman–Crippen MR) is 87.1 cm³/mol. The first-order valence-corrected chi connectivity index (χ1v) is 8.42. The van der Waals surface area contributed by atoms with Gasteiger partial charge in [-0.25, -0.2) is 4.79 Å². The fourth-order valence-electron chi connectivity index (χ4n) is 3.83. The molecule has 2 aliphatic carbocycles. The Balaban J connectivity index is 1.87. The zero-order valence-corrected chi connectivity index (χ0v) is 13.3. The lowest BCUT2D eigenvalue weighted by Crippen LogP contribution is -2.30. The summed E-state index contributed by atoms with van der Waals surface area (Å²) in [6.07, 6.45) is 5.59. The first-order valence-electron chi connectivity index (χ1n) is 8.42. The third kappa shape index (κ3) is 2.46. The number of hydrogen-bond acceptors (Lipinski definition) is 4. The lowest BCUT2D eigenvalue weighted by molar-refractivity contribution is -0.127. The quantitative estimate of drug-likeness (QED) is 0.797. The van der Waals surface area contributed by atoms with Crippen molar-refractivity contribution in [2.45, 2.75) is 58.0 Å². The minimum atomic E-state index is -0.363. The maximum Gasteiger partial charge on any atom is 0.339 e. The van der Waals surface area contributed by atoms with Gasteiger partial charge in [0.1, 0.15) is 11.3 Å². The molecule has 0 amide bonds. The Labute approximate surface area is 134 Å². The van der Waals surface area contributed by atoms with Gasteiger partial charge >= 0.3 is 5.63 Å². The molecule has 1 saturated carbocycles. The number of Topliss-reactive ketones (excluding diaryl/α,β-unsaturated/α-hetero) is 1. The summed E-state index contributed by atoms with van der Waals surface area (Å²) in [7, 11) is 0. The minimum absolute atomic E-state index is 0.180. The van der Waals surface area contributed by atoms with E-state index in [1.165, 1.54) is 0 Å². The fraction of sp³-hybridized carbons (Fsp3) is 0.474. The van der Waals surface area contributed by atoms with Gasteiger partial charge in [-0.1, -0.05) is 0 Å². The summed E-state index contributed by atoms with van der Waals surface area (Å²) in [5.41, 5.74) is 3.15. The highest BCUT2D eigenvalue weighted by molar-refractivity contribution is 5.90. The monoisotopic (exact) mass is 312 g/mol. The molecule has 1 atom stereocenters. The molecular formula is C19H20O4. The Morgan fingerprint density at radius 1 is 1.04 bits per heavy atom. The molecule has 0 bridgehead atoms. The molecule has 1 aromatic carbocycles. The van der Waals surface area contributed by atoms with Crippen molar-refractivity contribution in [2.75, 3.05) is 0 Å². The lowest BCUT2D eigenvalue weighted by Gasteiger charge is -2.23. The highest BCUT2D eigenvalue weighted by atomic mass is 16.5. The molecule has 4 heteroatoms. The minimum Gasteiger partial charge on any atom is -0.482 e. The maximum absolute atomic E-state index is 12.1. The van der Waals surface area contributed by atoms with Crippen molar-refractivity contribution < 1.29 is 13.9 Å². The smallest absolute Gasteiger partial charge is 0.339 e. The van der Waals surface area contributed by atoms with Gasteiger partial charge in [0.15, 0.2) is 11.9 Å². The van der Waals surface area contributed by atoms with E-state index in [2.05, 4.69) is 0 Å². The molecule has 0 unspecified atom stereocenters. The molecule has 0 spiro atoms. The normalized spacial score (nSPS) is 20.7. The number of ether oxygens (including phenoxy) is 1. The summed E-state index contributed by atoms with van der Waals surface area (Å²) in [5.74, 6) is 0.877. The summed E-state index contributed by atoms with van der Waals surface area (Å²) in [6.45, 7) is 1.95. The van der Waals surface area contributed by atoms with Crippen molar-refractivity contribution in [2.24, 2.45) is 0 Å². The number of aryl methyl sites for hydroxylation is 2. The van der Waals surface area contributed by atoms with E-state index < -0.39 is 0 Å². The van der Waals surface area contributed by atoms with E-state index in [-0.39, 0.29) is 17.5 Å². The van der Waals surface area contributed by atoms with Crippen LogP contribution in [0.3, 0.4) is 0 Å². The van der Waals surface area contributed by atoms with Crippen molar-refractivity contribution in [1.82, 2.24) is 0 Å². The topological polar surface area (TPSA) is 56.5 Å². The van der Waals surface area contributed by atoms with E-state index in [4.69, 9.17) is 9.15 Å². The van der Waals surface area contributed by atoms with Crippen LogP contribution in [0, 0.1) is 6.92 Å². The molecule has 4 nitrogen and oxygen atoms in total. The van der Waals surface area contributed by atoms with Crippen LogP contribution >= 0.6 is 0 Å². The summed E-state index contributed by atoms with van der Waals surface area (Å²) in [4.78, 5) is 24.2. The molecule has 0 saturated heterocycles.